The van der Waals surface area contributed by atoms with Gasteiger partial charge in [-0.2, -0.15) is 0 Å². The summed E-state index contributed by atoms with van der Waals surface area (Å²) in [5.41, 5.74) is 3.14. The Labute approximate surface area is 117 Å². The third kappa shape index (κ3) is 2.30. The van der Waals surface area contributed by atoms with Gasteiger partial charge in [0.25, 0.3) is 0 Å². The number of fused-ring (bicyclic) bond motifs is 1. The number of ketones is 1. The number of benzene rings is 2. The number of phenols is 1. The van der Waals surface area contributed by atoms with Crippen LogP contribution in [0.3, 0.4) is 0 Å². The minimum Gasteiger partial charge on any atom is -0.508 e. The molecule has 2 aromatic rings. The minimum absolute atomic E-state index is 0.0669. The summed E-state index contributed by atoms with van der Waals surface area (Å²) in [6.07, 6.45) is 1.83. The quantitative estimate of drug-likeness (QED) is 0.805. The standard InChI is InChI=1S/C17H14O3/c1-11-2-4-12(5-3-11)8-13-10-20-16-7-6-14(18)9-15(16)17(13)19/h2-9,18H,10H2,1H3/b13-8+. The number of hydrogen-bond acceptors (Lipinski definition) is 3. The average Bonchev–Trinajstić information content (AvgIpc) is 2.45. The number of carbonyl (C=O) groups excluding carboxylic acids is 1. The topological polar surface area (TPSA) is 46.5 Å². The molecular formula is C17H14O3. The fourth-order valence-electron chi connectivity index (χ4n) is 2.19. The van der Waals surface area contributed by atoms with Crippen molar-refractivity contribution < 1.29 is 14.6 Å². The molecule has 0 saturated carbocycles. The van der Waals surface area contributed by atoms with Crippen molar-refractivity contribution in [2.45, 2.75) is 6.92 Å². The lowest BCUT2D eigenvalue weighted by atomic mass is 9.98. The molecule has 0 radical (unpaired) electrons. The summed E-state index contributed by atoms with van der Waals surface area (Å²) in [5, 5.41) is 9.49. The van der Waals surface area contributed by atoms with Crippen LogP contribution in [0.1, 0.15) is 21.5 Å². The molecule has 0 aromatic heterocycles. The molecule has 1 N–H and O–H groups in total. The van der Waals surface area contributed by atoms with Gasteiger partial charge in [-0.15, -0.1) is 0 Å². The van der Waals surface area contributed by atoms with Crippen LogP contribution in [0, 0.1) is 6.92 Å². The summed E-state index contributed by atoms with van der Waals surface area (Å²) in [6, 6.07) is 12.5. The zero-order valence-electron chi connectivity index (χ0n) is 11.1. The van der Waals surface area contributed by atoms with Crippen molar-refractivity contribution in [3.05, 3.63) is 64.7 Å². The van der Waals surface area contributed by atoms with Gasteiger partial charge in [0, 0.05) is 5.57 Å². The number of phenolic OH excluding ortho intramolecular Hbond substituents is 1. The molecule has 0 aliphatic carbocycles. The Hall–Kier alpha value is -2.55. The number of aromatic hydroxyl groups is 1. The monoisotopic (exact) mass is 266 g/mol. The molecule has 1 aliphatic heterocycles. The predicted molar refractivity (Wildman–Crippen MR) is 77.1 cm³/mol. The lowest BCUT2D eigenvalue weighted by Crippen LogP contribution is -2.18. The van der Waals surface area contributed by atoms with Crippen molar-refractivity contribution >= 4 is 11.9 Å². The van der Waals surface area contributed by atoms with Crippen molar-refractivity contribution in [3.8, 4) is 11.5 Å². The first-order chi connectivity index (χ1) is 9.63. The van der Waals surface area contributed by atoms with Gasteiger partial charge in [-0.3, -0.25) is 4.79 Å². The number of carbonyl (C=O) groups is 1. The lowest BCUT2D eigenvalue weighted by molar-refractivity contribution is 0.100. The molecule has 0 unspecified atom stereocenters. The molecule has 3 heteroatoms. The van der Waals surface area contributed by atoms with Gasteiger partial charge in [0.15, 0.2) is 5.78 Å². The molecule has 0 amide bonds. The predicted octanol–water partition coefficient (Wildman–Crippen LogP) is 3.36. The van der Waals surface area contributed by atoms with Gasteiger partial charge in [0.1, 0.15) is 18.1 Å². The molecule has 0 bridgehead atoms. The zero-order valence-corrected chi connectivity index (χ0v) is 11.1. The summed E-state index contributed by atoms with van der Waals surface area (Å²) >= 11 is 0. The molecule has 3 rings (SSSR count). The smallest absolute Gasteiger partial charge is 0.196 e. The maximum Gasteiger partial charge on any atom is 0.196 e. The molecule has 2 aromatic carbocycles. The van der Waals surface area contributed by atoms with E-state index in [2.05, 4.69) is 0 Å². The van der Waals surface area contributed by atoms with Crippen LogP contribution in [0.25, 0.3) is 6.08 Å². The van der Waals surface area contributed by atoms with E-state index in [1.807, 2.05) is 37.3 Å². The molecular weight excluding hydrogens is 252 g/mol. The van der Waals surface area contributed by atoms with Crippen LogP contribution >= 0.6 is 0 Å². The normalized spacial score (nSPS) is 15.8. The van der Waals surface area contributed by atoms with Crippen LogP contribution in [-0.4, -0.2) is 17.5 Å². The van der Waals surface area contributed by atoms with Crippen LogP contribution < -0.4 is 4.74 Å². The SMILES string of the molecule is Cc1ccc(/C=C2\COc3ccc(O)cc3C2=O)cc1. The molecule has 0 saturated heterocycles. The zero-order chi connectivity index (χ0) is 14.1. The van der Waals surface area contributed by atoms with E-state index >= 15 is 0 Å². The molecule has 0 spiro atoms. The van der Waals surface area contributed by atoms with Gasteiger partial charge in [-0.1, -0.05) is 29.8 Å². The Balaban J connectivity index is 1.97. The summed E-state index contributed by atoms with van der Waals surface area (Å²) in [5.74, 6) is 0.494. The summed E-state index contributed by atoms with van der Waals surface area (Å²) in [6.45, 7) is 2.27. The van der Waals surface area contributed by atoms with E-state index in [-0.39, 0.29) is 18.1 Å². The first kappa shape index (κ1) is 12.5. The van der Waals surface area contributed by atoms with Crippen LogP contribution in [0.4, 0.5) is 0 Å². The van der Waals surface area contributed by atoms with Gasteiger partial charge >= 0.3 is 0 Å². The Kier molecular flexibility index (Phi) is 3.03. The molecule has 100 valence electrons. The fraction of sp³-hybridized carbons (Fsp3) is 0.118. The maximum atomic E-state index is 12.4. The van der Waals surface area contributed by atoms with Crippen molar-refractivity contribution in [2.75, 3.05) is 6.61 Å². The van der Waals surface area contributed by atoms with E-state index in [0.29, 0.717) is 16.9 Å². The second kappa shape index (κ2) is 4.85. The Morgan fingerprint density at radius 2 is 1.90 bits per heavy atom. The Morgan fingerprint density at radius 1 is 1.15 bits per heavy atom. The third-order valence-corrected chi connectivity index (χ3v) is 3.30. The van der Waals surface area contributed by atoms with Crippen LogP contribution in [-0.2, 0) is 0 Å². The van der Waals surface area contributed by atoms with Crippen molar-refractivity contribution in [3.63, 3.8) is 0 Å². The average molecular weight is 266 g/mol. The molecule has 1 heterocycles. The fourth-order valence-corrected chi connectivity index (χ4v) is 2.19. The number of hydrogen-bond donors (Lipinski definition) is 1. The van der Waals surface area contributed by atoms with Gasteiger partial charge < -0.3 is 9.84 Å². The van der Waals surface area contributed by atoms with E-state index < -0.39 is 0 Å². The van der Waals surface area contributed by atoms with E-state index in [4.69, 9.17) is 4.74 Å². The Morgan fingerprint density at radius 3 is 2.65 bits per heavy atom. The largest absolute Gasteiger partial charge is 0.508 e. The van der Waals surface area contributed by atoms with Crippen LogP contribution in [0.5, 0.6) is 11.5 Å². The lowest BCUT2D eigenvalue weighted by Gasteiger charge is -2.18. The summed E-state index contributed by atoms with van der Waals surface area (Å²) in [4.78, 5) is 12.4. The number of ether oxygens (including phenoxy) is 1. The molecule has 0 fully saturated rings. The number of Topliss-reactive ketones (excluding diaryl/α,β-unsaturated/α-hetero) is 1. The van der Waals surface area contributed by atoms with E-state index in [9.17, 15) is 9.90 Å². The summed E-state index contributed by atoms with van der Waals surface area (Å²) < 4.78 is 5.56. The third-order valence-electron chi connectivity index (χ3n) is 3.30. The second-order valence-corrected chi connectivity index (χ2v) is 4.88. The van der Waals surface area contributed by atoms with Crippen molar-refractivity contribution in [1.82, 2.24) is 0 Å². The first-order valence-electron chi connectivity index (χ1n) is 6.41. The van der Waals surface area contributed by atoms with Crippen LogP contribution in [0.2, 0.25) is 0 Å². The van der Waals surface area contributed by atoms with Gasteiger partial charge in [0.05, 0.1) is 5.56 Å². The highest BCUT2D eigenvalue weighted by Gasteiger charge is 2.23. The van der Waals surface area contributed by atoms with Crippen LogP contribution in [0.15, 0.2) is 48.0 Å². The maximum absolute atomic E-state index is 12.4. The highest BCUT2D eigenvalue weighted by molar-refractivity contribution is 6.14. The molecule has 20 heavy (non-hydrogen) atoms. The van der Waals surface area contributed by atoms with Gasteiger partial charge in [-0.25, -0.2) is 0 Å². The molecule has 3 nitrogen and oxygen atoms in total. The van der Waals surface area contributed by atoms with E-state index in [0.717, 1.165) is 5.56 Å². The van der Waals surface area contributed by atoms with E-state index in [1.54, 1.807) is 6.07 Å². The number of rotatable bonds is 1. The molecule has 1 aliphatic rings. The van der Waals surface area contributed by atoms with Gasteiger partial charge in [0.2, 0.25) is 0 Å². The van der Waals surface area contributed by atoms with Crippen molar-refractivity contribution in [2.24, 2.45) is 0 Å². The van der Waals surface area contributed by atoms with Crippen molar-refractivity contribution in [1.29, 1.82) is 0 Å². The first-order valence-corrected chi connectivity index (χ1v) is 6.41. The second-order valence-electron chi connectivity index (χ2n) is 4.88. The minimum atomic E-state index is -0.0947. The highest BCUT2D eigenvalue weighted by atomic mass is 16.5. The number of aryl methyl sites for hydroxylation is 1. The van der Waals surface area contributed by atoms with Gasteiger partial charge in [-0.05, 0) is 36.8 Å². The molecule has 0 atom stereocenters. The summed E-state index contributed by atoms with van der Waals surface area (Å²) in [7, 11) is 0. The van der Waals surface area contributed by atoms with E-state index in [1.165, 1.54) is 17.7 Å². The Bertz CT molecular complexity index is 697. The highest BCUT2D eigenvalue weighted by Crippen LogP contribution is 2.30.